The van der Waals surface area contributed by atoms with E-state index < -0.39 is 11.9 Å². The van der Waals surface area contributed by atoms with Crippen LogP contribution in [0.2, 0.25) is 0 Å². The van der Waals surface area contributed by atoms with Crippen molar-refractivity contribution in [1.29, 1.82) is 0 Å². The van der Waals surface area contributed by atoms with Crippen molar-refractivity contribution in [3.63, 3.8) is 0 Å². The maximum absolute atomic E-state index is 12.6. The van der Waals surface area contributed by atoms with Crippen molar-refractivity contribution >= 4 is 5.82 Å². The quantitative estimate of drug-likeness (QED) is 0.902. The van der Waals surface area contributed by atoms with E-state index in [0.717, 1.165) is 32.1 Å². The molecule has 0 radical (unpaired) electrons. The summed E-state index contributed by atoms with van der Waals surface area (Å²) in [5.41, 5.74) is -0.847. The highest BCUT2D eigenvalue weighted by atomic mass is 19.4. The first-order valence-electron chi connectivity index (χ1n) is 7.35. The fourth-order valence-electron chi connectivity index (χ4n) is 2.70. The van der Waals surface area contributed by atoms with E-state index in [1.807, 2.05) is 0 Å². The highest BCUT2D eigenvalue weighted by Crippen LogP contribution is 2.28. The molecule has 2 heterocycles. The monoisotopic (exact) mass is 301 g/mol. The summed E-state index contributed by atoms with van der Waals surface area (Å²) < 4.78 is 37.8. The van der Waals surface area contributed by atoms with Crippen LogP contribution in [0.25, 0.3) is 0 Å². The molecule has 0 aliphatic carbocycles. The van der Waals surface area contributed by atoms with Gasteiger partial charge < -0.3 is 10.2 Å². The molecule has 0 saturated carbocycles. The first-order chi connectivity index (χ1) is 9.84. The summed E-state index contributed by atoms with van der Waals surface area (Å²) in [5, 5.41) is 3.04. The second kappa shape index (κ2) is 6.64. The summed E-state index contributed by atoms with van der Waals surface area (Å²) in [7, 11) is 0. The standard InChI is InChI=1S/C15H22F3N3/c1-11(2)9-21-7-6-12(10-21)8-19-14-5-3-4-13(20-14)15(16,17)18/h3-5,11-12H,6-10H2,1-2H3,(H,19,20). The minimum absolute atomic E-state index is 0.298. The number of hydrogen-bond donors (Lipinski definition) is 1. The van der Waals surface area contributed by atoms with Gasteiger partial charge in [-0.3, -0.25) is 0 Å². The van der Waals surface area contributed by atoms with Crippen LogP contribution in [0, 0.1) is 11.8 Å². The van der Waals surface area contributed by atoms with Crippen molar-refractivity contribution in [1.82, 2.24) is 9.88 Å². The second-order valence-corrected chi connectivity index (χ2v) is 6.09. The van der Waals surface area contributed by atoms with E-state index in [-0.39, 0.29) is 0 Å². The molecule has 1 saturated heterocycles. The molecule has 1 aromatic heterocycles. The molecule has 1 fully saturated rings. The molecule has 118 valence electrons. The number of nitrogens with one attached hydrogen (secondary N) is 1. The lowest BCUT2D eigenvalue weighted by Gasteiger charge is -2.18. The number of hydrogen-bond acceptors (Lipinski definition) is 3. The molecule has 0 bridgehead atoms. The van der Waals surface area contributed by atoms with Gasteiger partial charge in [0, 0.05) is 19.6 Å². The number of likely N-dealkylation sites (tertiary alicyclic amines) is 1. The average Bonchev–Trinajstić information content (AvgIpc) is 2.82. The maximum atomic E-state index is 12.6. The van der Waals surface area contributed by atoms with Crippen molar-refractivity contribution in [3.8, 4) is 0 Å². The van der Waals surface area contributed by atoms with Crippen molar-refractivity contribution in [2.75, 3.05) is 31.5 Å². The van der Waals surface area contributed by atoms with E-state index in [2.05, 4.69) is 29.0 Å². The van der Waals surface area contributed by atoms with Gasteiger partial charge in [-0.2, -0.15) is 13.2 Å². The smallest absolute Gasteiger partial charge is 0.370 e. The molecule has 1 atom stereocenters. The lowest BCUT2D eigenvalue weighted by atomic mass is 10.1. The van der Waals surface area contributed by atoms with Crippen LogP contribution in [0.5, 0.6) is 0 Å². The van der Waals surface area contributed by atoms with E-state index in [4.69, 9.17) is 0 Å². The summed E-state index contributed by atoms with van der Waals surface area (Å²) in [6, 6.07) is 3.96. The zero-order valence-electron chi connectivity index (χ0n) is 12.5. The van der Waals surface area contributed by atoms with Crippen LogP contribution in [0.4, 0.5) is 19.0 Å². The van der Waals surface area contributed by atoms with Crippen molar-refractivity contribution < 1.29 is 13.2 Å². The molecule has 0 spiro atoms. The Kier molecular flexibility index (Phi) is 5.08. The first kappa shape index (κ1) is 16.1. The van der Waals surface area contributed by atoms with Gasteiger partial charge in [0.1, 0.15) is 11.5 Å². The maximum Gasteiger partial charge on any atom is 0.433 e. The van der Waals surface area contributed by atoms with Crippen molar-refractivity contribution in [3.05, 3.63) is 23.9 Å². The number of halogens is 3. The Labute approximate surface area is 123 Å². The highest BCUT2D eigenvalue weighted by Gasteiger charge is 2.32. The summed E-state index contributed by atoms with van der Waals surface area (Å²) in [6.45, 7) is 8.21. The molecule has 2 rings (SSSR count). The molecule has 0 aromatic carbocycles. The summed E-state index contributed by atoms with van der Waals surface area (Å²) in [4.78, 5) is 6.04. The van der Waals surface area contributed by atoms with E-state index in [1.54, 1.807) is 6.07 Å². The van der Waals surface area contributed by atoms with Crippen LogP contribution in [0.15, 0.2) is 18.2 Å². The Balaban J connectivity index is 1.84. The third kappa shape index (κ3) is 4.88. The minimum atomic E-state index is -4.39. The first-order valence-corrected chi connectivity index (χ1v) is 7.35. The van der Waals surface area contributed by atoms with Gasteiger partial charge in [0.25, 0.3) is 0 Å². The van der Waals surface area contributed by atoms with Gasteiger partial charge in [-0.1, -0.05) is 19.9 Å². The highest BCUT2D eigenvalue weighted by molar-refractivity contribution is 5.36. The fourth-order valence-corrected chi connectivity index (χ4v) is 2.70. The van der Waals surface area contributed by atoms with Crippen LogP contribution >= 0.6 is 0 Å². The lowest BCUT2D eigenvalue weighted by molar-refractivity contribution is -0.141. The molecule has 1 aliphatic heterocycles. The molecular formula is C15H22F3N3. The third-order valence-corrected chi connectivity index (χ3v) is 3.60. The Morgan fingerprint density at radius 3 is 2.81 bits per heavy atom. The van der Waals surface area contributed by atoms with Gasteiger partial charge in [0.05, 0.1) is 0 Å². The SMILES string of the molecule is CC(C)CN1CCC(CNc2cccc(C(F)(F)F)n2)C1. The van der Waals surface area contributed by atoms with Crippen LogP contribution in [0.1, 0.15) is 26.0 Å². The molecular weight excluding hydrogens is 279 g/mol. The summed E-state index contributed by atoms with van der Waals surface area (Å²) in [5.74, 6) is 1.41. The number of nitrogens with zero attached hydrogens (tertiary/aromatic N) is 2. The Morgan fingerprint density at radius 1 is 1.38 bits per heavy atom. The Bertz CT molecular complexity index is 460. The molecule has 0 amide bonds. The predicted molar refractivity (Wildman–Crippen MR) is 77.1 cm³/mol. The molecule has 3 nitrogen and oxygen atoms in total. The zero-order valence-corrected chi connectivity index (χ0v) is 12.5. The number of rotatable bonds is 5. The van der Waals surface area contributed by atoms with Gasteiger partial charge in [-0.15, -0.1) is 0 Å². The van der Waals surface area contributed by atoms with Crippen LogP contribution in [-0.4, -0.2) is 36.1 Å². The second-order valence-electron chi connectivity index (χ2n) is 6.09. The van der Waals surface area contributed by atoms with Gasteiger partial charge in [-0.05, 0) is 36.9 Å². The Morgan fingerprint density at radius 2 is 2.14 bits per heavy atom. The van der Waals surface area contributed by atoms with Crippen LogP contribution < -0.4 is 5.32 Å². The average molecular weight is 301 g/mol. The normalized spacial score (nSPS) is 20.2. The minimum Gasteiger partial charge on any atom is -0.370 e. The Hall–Kier alpha value is -1.30. The number of pyridine rings is 1. The molecule has 21 heavy (non-hydrogen) atoms. The number of aromatic nitrogens is 1. The molecule has 1 N–H and O–H groups in total. The fraction of sp³-hybridized carbons (Fsp3) is 0.667. The van der Waals surface area contributed by atoms with Gasteiger partial charge in [0.2, 0.25) is 0 Å². The number of alkyl halides is 3. The molecule has 1 unspecified atom stereocenters. The van der Waals surface area contributed by atoms with Gasteiger partial charge >= 0.3 is 6.18 Å². The third-order valence-electron chi connectivity index (χ3n) is 3.60. The van der Waals surface area contributed by atoms with Crippen molar-refractivity contribution in [2.45, 2.75) is 26.4 Å². The summed E-state index contributed by atoms with van der Waals surface area (Å²) in [6.07, 6.45) is -3.31. The summed E-state index contributed by atoms with van der Waals surface area (Å²) >= 11 is 0. The zero-order chi connectivity index (χ0) is 15.5. The molecule has 6 heteroatoms. The predicted octanol–water partition coefficient (Wildman–Crippen LogP) is 3.49. The van der Waals surface area contributed by atoms with Crippen LogP contribution in [0.3, 0.4) is 0 Å². The lowest BCUT2D eigenvalue weighted by Crippen LogP contribution is -2.26. The van der Waals surface area contributed by atoms with Gasteiger partial charge in [-0.25, -0.2) is 4.98 Å². The van der Waals surface area contributed by atoms with E-state index in [1.165, 1.54) is 6.07 Å². The largest absolute Gasteiger partial charge is 0.433 e. The van der Waals surface area contributed by atoms with Gasteiger partial charge in [0.15, 0.2) is 0 Å². The van der Waals surface area contributed by atoms with E-state index >= 15 is 0 Å². The number of anilines is 1. The topological polar surface area (TPSA) is 28.2 Å². The molecule has 1 aliphatic rings. The van der Waals surface area contributed by atoms with E-state index in [9.17, 15) is 13.2 Å². The van der Waals surface area contributed by atoms with Crippen LogP contribution in [-0.2, 0) is 6.18 Å². The van der Waals surface area contributed by atoms with E-state index in [0.29, 0.717) is 24.2 Å². The van der Waals surface area contributed by atoms with Crippen molar-refractivity contribution in [2.24, 2.45) is 11.8 Å². The molecule has 1 aromatic rings.